The average molecular weight is 566 g/mol. The summed E-state index contributed by atoms with van der Waals surface area (Å²) in [6, 6.07) is 0. The molecule has 0 aliphatic heterocycles. The molecular formula is C6H8Ac2O2. The van der Waals surface area contributed by atoms with Crippen molar-refractivity contribution in [3.8, 4) is 0 Å². The molecule has 0 aromatic heterocycles. The molecule has 2 radical (unpaired) electrons. The molecule has 0 saturated carbocycles. The van der Waals surface area contributed by atoms with Crippen molar-refractivity contribution in [3.63, 3.8) is 0 Å². The molecule has 1 aliphatic rings. The van der Waals surface area contributed by atoms with Crippen LogP contribution < -0.4 is 0 Å². The molecule has 1 rings (SSSR count). The third-order valence-corrected chi connectivity index (χ3v) is 1.08. The Kier molecular flexibility index (Phi) is 11.7. The molecule has 50 valence electrons. The maximum Gasteiger partial charge on any atom is 0.102 e. The Balaban J connectivity index is 0. The normalized spacial score (nSPS) is 28.6. The van der Waals surface area contributed by atoms with Crippen molar-refractivity contribution in [2.24, 2.45) is 0 Å². The van der Waals surface area contributed by atoms with Crippen LogP contribution in [0.3, 0.4) is 0 Å². The quantitative estimate of drug-likeness (QED) is 0.428. The smallest absolute Gasteiger partial charge is 0.102 e. The van der Waals surface area contributed by atoms with Crippen molar-refractivity contribution in [1.82, 2.24) is 0 Å². The largest absolute Gasteiger partial charge is 0.386 e. The summed E-state index contributed by atoms with van der Waals surface area (Å²) in [6.07, 6.45) is 5.09. The van der Waals surface area contributed by atoms with Crippen LogP contribution in [0.1, 0.15) is 0 Å². The predicted octanol–water partition coefficient (Wildman–Crippen LogP) is -0.166. The molecule has 0 bridgehead atoms. The number of allylic oxidation sites excluding steroid dienone is 2. The molecule has 0 aromatic rings. The minimum Gasteiger partial charge on any atom is -0.386 e. The molecule has 4 heteroatoms. The number of aliphatic hydroxyl groups is 2. The Morgan fingerprint density at radius 2 is 1.10 bits per heavy atom. The zero-order valence-corrected chi connectivity index (χ0v) is 15.0. The van der Waals surface area contributed by atoms with Gasteiger partial charge in [0.25, 0.3) is 0 Å². The topological polar surface area (TPSA) is 40.5 Å². The van der Waals surface area contributed by atoms with Gasteiger partial charge in [0.1, 0.15) is 12.2 Å². The molecule has 10 heavy (non-hydrogen) atoms. The minimum atomic E-state index is -0.708. The second-order valence-corrected chi connectivity index (χ2v) is 1.75. The van der Waals surface area contributed by atoms with Gasteiger partial charge in [0, 0.05) is 88.1 Å². The maximum absolute atomic E-state index is 8.79. The van der Waals surface area contributed by atoms with E-state index < -0.39 is 12.2 Å². The molecule has 0 spiro atoms. The van der Waals surface area contributed by atoms with Crippen LogP contribution in [-0.2, 0) is 0 Å². The van der Waals surface area contributed by atoms with Crippen molar-refractivity contribution < 1.29 is 98.3 Å². The van der Waals surface area contributed by atoms with Gasteiger partial charge in [0.2, 0.25) is 0 Å². The molecule has 0 saturated heterocycles. The van der Waals surface area contributed by atoms with Crippen LogP contribution in [-0.4, -0.2) is 22.4 Å². The summed E-state index contributed by atoms with van der Waals surface area (Å²) in [5.41, 5.74) is 0. The van der Waals surface area contributed by atoms with E-state index in [9.17, 15) is 0 Å². The van der Waals surface area contributed by atoms with Gasteiger partial charge in [-0.25, -0.2) is 0 Å². The number of hydrogen-bond acceptors (Lipinski definition) is 2. The molecule has 0 aromatic carbocycles. The van der Waals surface area contributed by atoms with Crippen molar-refractivity contribution in [2.45, 2.75) is 12.2 Å². The van der Waals surface area contributed by atoms with E-state index in [2.05, 4.69) is 0 Å². The van der Waals surface area contributed by atoms with E-state index in [1.807, 2.05) is 0 Å². The van der Waals surface area contributed by atoms with Crippen LogP contribution in [0.5, 0.6) is 0 Å². The van der Waals surface area contributed by atoms with E-state index in [0.29, 0.717) is 0 Å². The molecule has 2 unspecified atom stereocenters. The molecule has 0 amide bonds. The molecule has 0 heterocycles. The Morgan fingerprint density at radius 1 is 0.800 bits per heavy atom. The first kappa shape index (κ1) is 14.8. The minimum absolute atomic E-state index is 0. The fourth-order valence-electron chi connectivity index (χ4n) is 0.584. The van der Waals surface area contributed by atoms with Crippen molar-refractivity contribution in [3.05, 3.63) is 24.3 Å². The van der Waals surface area contributed by atoms with Crippen LogP contribution in [0, 0.1) is 88.1 Å². The fourth-order valence-corrected chi connectivity index (χ4v) is 0.584. The van der Waals surface area contributed by atoms with Gasteiger partial charge in [-0.3, -0.25) is 0 Å². The third kappa shape index (κ3) is 5.02. The van der Waals surface area contributed by atoms with Gasteiger partial charge in [-0.2, -0.15) is 0 Å². The Labute approximate surface area is 132 Å². The van der Waals surface area contributed by atoms with Crippen molar-refractivity contribution >= 4 is 0 Å². The summed E-state index contributed by atoms with van der Waals surface area (Å²) in [5.74, 6) is 0. The third-order valence-electron chi connectivity index (χ3n) is 1.08. The molecule has 2 N–H and O–H groups in total. The van der Waals surface area contributed by atoms with Crippen LogP contribution >= 0.6 is 0 Å². The van der Waals surface area contributed by atoms with E-state index in [1.54, 1.807) is 24.3 Å². The summed E-state index contributed by atoms with van der Waals surface area (Å²) in [4.78, 5) is 0. The summed E-state index contributed by atoms with van der Waals surface area (Å²) in [7, 11) is 0. The second kappa shape index (κ2) is 7.91. The first-order valence-electron chi connectivity index (χ1n) is 2.52. The molecule has 2 atom stereocenters. The molecule has 1 aliphatic carbocycles. The van der Waals surface area contributed by atoms with Crippen molar-refractivity contribution in [2.75, 3.05) is 0 Å². The zero-order chi connectivity index (χ0) is 5.98. The summed E-state index contributed by atoms with van der Waals surface area (Å²) in [6.45, 7) is 0. The van der Waals surface area contributed by atoms with E-state index in [4.69, 9.17) is 10.2 Å². The maximum atomic E-state index is 8.79. The van der Waals surface area contributed by atoms with E-state index in [-0.39, 0.29) is 88.1 Å². The van der Waals surface area contributed by atoms with Crippen LogP contribution in [0.2, 0.25) is 0 Å². The fraction of sp³-hybridized carbons (Fsp3) is 0.333. The average Bonchev–Trinajstić information content (AvgIpc) is 1.77. The Bertz CT molecular complexity index is 118. The molecule has 2 nitrogen and oxygen atoms in total. The first-order chi connectivity index (χ1) is 3.80. The van der Waals surface area contributed by atoms with Gasteiger partial charge in [0.15, 0.2) is 0 Å². The van der Waals surface area contributed by atoms with Crippen LogP contribution in [0.4, 0.5) is 0 Å². The summed E-state index contributed by atoms with van der Waals surface area (Å²) < 4.78 is 0. The molecule has 0 fully saturated rings. The number of hydrogen-bond donors (Lipinski definition) is 2. The van der Waals surface area contributed by atoms with Gasteiger partial charge < -0.3 is 10.2 Å². The Morgan fingerprint density at radius 3 is 1.30 bits per heavy atom. The van der Waals surface area contributed by atoms with E-state index >= 15 is 0 Å². The zero-order valence-electron chi connectivity index (χ0n) is 5.51. The predicted molar refractivity (Wildman–Crippen MR) is 30.3 cm³/mol. The van der Waals surface area contributed by atoms with E-state index in [1.165, 1.54) is 0 Å². The van der Waals surface area contributed by atoms with Gasteiger partial charge in [-0.1, -0.05) is 24.3 Å². The summed E-state index contributed by atoms with van der Waals surface area (Å²) >= 11 is 0. The van der Waals surface area contributed by atoms with Gasteiger partial charge in [0.05, 0.1) is 0 Å². The van der Waals surface area contributed by atoms with E-state index in [0.717, 1.165) is 0 Å². The van der Waals surface area contributed by atoms with Gasteiger partial charge in [-0.05, 0) is 0 Å². The summed E-state index contributed by atoms with van der Waals surface area (Å²) in [5, 5.41) is 17.6. The second-order valence-electron chi connectivity index (χ2n) is 1.75. The van der Waals surface area contributed by atoms with Gasteiger partial charge >= 0.3 is 0 Å². The van der Waals surface area contributed by atoms with Crippen LogP contribution in [0.15, 0.2) is 24.3 Å². The number of aliphatic hydroxyl groups excluding tert-OH is 2. The standard InChI is InChI=1S/C6H8O2.2Ac/c7-5-3-1-2-4-6(5)8;;/h1-8H;;. The van der Waals surface area contributed by atoms with Crippen molar-refractivity contribution in [1.29, 1.82) is 0 Å². The van der Waals surface area contributed by atoms with Gasteiger partial charge in [-0.15, -0.1) is 0 Å². The number of rotatable bonds is 0. The molecular weight excluding hydrogens is 558 g/mol. The monoisotopic (exact) mass is 566 g/mol. The SMILES string of the molecule is OC1C=CC=CC1O.[Ac].[Ac]. The van der Waals surface area contributed by atoms with Crippen LogP contribution in [0.25, 0.3) is 0 Å². The Hall–Kier alpha value is 2.28. The first-order valence-corrected chi connectivity index (χ1v) is 2.52.